The van der Waals surface area contributed by atoms with E-state index in [4.69, 9.17) is 11.6 Å². The van der Waals surface area contributed by atoms with Crippen LogP contribution < -0.4 is 10.6 Å². The molecular formula is C19H26Cl2N2O. The molecule has 1 aliphatic carbocycles. The van der Waals surface area contributed by atoms with Gasteiger partial charge in [-0.1, -0.05) is 54.6 Å². The molecule has 1 saturated carbocycles. The molecule has 0 unspecified atom stereocenters. The van der Waals surface area contributed by atoms with Crippen molar-refractivity contribution < 1.29 is 4.79 Å². The van der Waals surface area contributed by atoms with Crippen LogP contribution >= 0.6 is 24.0 Å². The standard InChI is InChI=1S/C19H25ClN2O.ClH/c20-17-6-4-5-16(13-17)19(9-2-1-3-10-19)18(23)22-14-15-7-11-21-12-8-15;/h4-7,13,21H,1-3,8-12,14H2,(H,22,23);1H. The Morgan fingerprint density at radius 1 is 1.25 bits per heavy atom. The number of halogens is 2. The van der Waals surface area contributed by atoms with E-state index in [1.807, 2.05) is 18.2 Å². The fourth-order valence-corrected chi connectivity index (χ4v) is 3.97. The first-order valence-corrected chi connectivity index (χ1v) is 9.01. The zero-order valence-electron chi connectivity index (χ0n) is 13.9. The van der Waals surface area contributed by atoms with E-state index in [-0.39, 0.29) is 18.3 Å². The first-order chi connectivity index (χ1) is 11.2. The lowest BCUT2D eigenvalue weighted by Gasteiger charge is -2.36. The number of rotatable bonds is 4. The molecule has 1 fully saturated rings. The molecule has 5 heteroatoms. The predicted octanol–water partition coefficient (Wildman–Crippen LogP) is 4.00. The van der Waals surface area contributed by atoms with Crippen LogP contribution in [0.2, 0.25) is 5.02 Å². The number of carbonyl (C=O) groups excluding carboxylic acids is 1. The van der Waals surface area contributed by atoms with Crippen LogP contribution in [0.15, 0.2) is 35.9 Å². The van der Waals surface area contributed by atoms with Gasteiger partial charge in [0, 0.05) is 18.1 Å². The summed E-state index contributed by atoms with van der Waals surface area (Å²) in [4.78, 5) is 13.1. The van der Waals surface area contributed by atoms with Crippen molar-refractivity contribution in [2.24, 2.45) is 0 Å². The SMILES string of the molecule is Cl.O=C(NCC1=CCNCC1)C1(c2cccc(Cl)c2)CCCCC1. The van der Waals surface area contributed by atoms with Gasteiger partial charge in [-0.2, -0.15) is 0 Å². The average Bonchev–Trinajstić information content (AvgIpc) is 2.61. The van der Waals surface area contributed by atoms with Crippen LogP contribution in [0.4, 0.5) is 0 Å². The van der Waals surface area contributed by atoms with Gasteiger partial charge in [0.2, 0.25) is 5.91 Å². The van der Waals surface area contributed by atoms with Crippen LogP contribution in [0.1, 0.15) is 44.1 Å². The predicted molar refractivity (Wildman–Crippen MR) is 102 cm³/mol. The summed E-state index contributed by atoms with van der Waals surface area (Å²) in [7, 11) is 0. The average molecular weight is 369 g/mol. The molecule has 0 radical (unpaired) electrons. The van der Waals surface area contributed by atoms with Crippen LogP contribution in [0.5, 0.6) is 0 Å². The van der Waals surface area contributed by atoms with E-state index in [2.05, 4.69) is 22.8 Å². The molecule has 0 aromatic heterocycles. The Hall–Kier alpha value is -1.03. The maximum atomic E-state index is 13.1. The van der Waals surface area contributed by atoms with E-state index in [0.717, 1.165) is 50.8 Å². The molecule has 3 nitrogen and oxygen atoms in total. The van der Waals surface area contributed by atoms with Crippen molar-refractivity contribution >= 4 is 29.9 Å². The minimum absolute atomic E-state index is 0. The first kappa shape index (κ1) is 19.3. The Morgan fingerprint density at radius 2 is 2.04 bits per heavy atom. The van der Waals surface area contributed by atoms with E-state index in [1.54, 1.807) is 0 Å². The van der Waals surface area contributed by atoms with Crippen molar-refractivity contribution in [3.8, 4) is 0 Å². The van der Waals surface area contributed by atoms with Crippen LogP contribution in [-0.4, -0.2) is 25.5 Å². The highest BCUT2D eigenvalue weighted by Crippen LogP contribution is 2.40. The van der Waals surface area contributed by atoms with Gasteiger partial charge in [-0.05, 0) is 43.5 Å². The van der Waals surface area contributed by atoms with Crippen LogP contribution in [0.25, 0.3) is 0 Å². The van der Waals surface area contributed by atoms with Crippen LogP contribution in [0.3, 0.4) is 0 Å². The third-order valence-electron chi connectivity index (χ3n) is 5.15. The third kappa shape index (κ3) is 4.33. The zero-order chi connectivity index (χ0) is 16.1. The van der Waals surface area contributed by atoms with Gasteiger partial charge in [-0.3, -0.25) is 4.79 Å². The van der Waals surface area contributed by atoms with Crippen molar-refractivity contribution in [3.05, 3.63) is 46.5 Å². The fourth-order valence-electron chi connectivity index (χ4n) is 3.78. The molecule has 1 aliphatic heterocycles. The number of nitrogens with one attached hydrogen (secondary N) is 2. The molecule has 24 heavy (non-hydrogen) atoms. The van der Waals surface area contributed by atoms with Gasteiger partial charge in [0.1, 0.15) is 0 Å². The van der Waals surface area contributed by atoms with Crippen molar-refractivity contribution in [1.82, 2.24) is 10.6 Å². The van der Waals surface area contributed by atoms with Crippen molar-refractivity contribution in [1.29, 1.82) is 0 Å². The summed E-state index contributed by atoms with van der Waals surface area (Å²) in [6, 6.07) is 7.85. The highest BCUT2D eigenvalue weighted by Gasteiger charge is 2.41. The number of carbonyl (C=O) groups is 1. The van der Waals surface area contributed by atoms with Crippen molar-refractivity contribution in [2.75, 3.05) is 19.6 Å². The Kier molecular flexibility index (Phi) is 7.15. The van der Waals surface area contributed by atoms with Crippen LogP contribution in [0, 0.1) is 0 Å². The maximum absolute atomic E-state index is 13.1. The molecule has 0 bridgehead atoms. The van der Waals surface area contributed by atoms with Gasteiger partial charge in [0.15, 0.2) is 0 Å². The second kappa shape index (κ2) is 8.89. The summed E-state index contributed by atoms with van der Waals surface area (Å²) in [6.45, 7) is 2.58. The summed E-state index contributed by atoms with van der Waals surface area (Å²) < 4.78 is 0. The summed E-state index contributed by atoms with van der Waals surface area (Å²) in [5.74, 6) is 0.166. The van der Waals surface area contributed by atoms with Gasteiger partial charge in [0.25, 0.3) is 0 Å². The van der Waals surface area contributed by atoms with Gasteiger partial charge >= 0.3 is 0 Å². The molecule has 2 N–H and O–H groups in total. The number of benzene rings is 1. The molecule has 0 atom stereocenters. The van der Waals surface area contributed by atoms with Gasteiger partial charge in [-0.25, -0.2) is 0 Å². The normalized spacial score (nSPS) is 19.8. The molecule has 3 rings (SSSR count). The summed E-state index contributed by atoms with van der Waals surface area (Å²) in [5, 5.41) is 7.21. The second-order valence-corrected chi connectivity index (χ2v) is 7.09. The number of hydrogen-bond acceptors (Lipinski definition) is 2. The molecule has 1 heterocycles. The Bertz CT molecular complexity index is 595. The molecule has 0 saturated heterocycles. The van der Waals surface area contributed by atoms with Crippen molar-refractivity contribution in [2.45, 2.75) is 43.9 Å². The Morgan fingerprint density at radius 3 is 2.71 bits per heavy atom. The van der Waals surface area contributed by atoms with Gasteiger partial charge in [0.05, 0.1) is 5.41 Å². The second-order valence-electron chi connectivity index (χ2n) is 6.65. The molecule has 1 aromatic carbocycles. The van der Waals surface area contributed by atoms with E-state index in [1.165, 1.54) is 12.0 Å². The molecular weight excluding hydrogens is 343 g/mol. The first-order valence-electron chi connectivity index (χ1n) is 8.64. The summed E-state index contributed by atoms with van der Waals surface area (Å²) >= 11 is 6.18. The van der Waals surface area contributed by atoms with Gasteiger partial charge in [-0.15, -0.1) is 12.4 Å². The minimum Gasteiger partial charge on any atom is -0.352 e. The fraction of sp³-hybridized carbons (Fsp3) is 0.526. The van der Waals surface area contributed by atoms with Gasteiger partial charge < -0.3 is 10.6 Å². The maximum Gasteiger partial charge on any atom is 0.230 e. The van der Waals surface area contributed by atoms with Crippen LogP contribution in [-0.2, 0) is 10.2 Å². The zero-order valence-corrected chi connectivity index (χ0v) is 15.5. The van der Waals surface area contributed by atoms with E-state index in [9.17, 15) is 4.79 Å². The molecule has 2 aliphatic rings. The highest BCUT2D eigenvalue weighted by atomic mass is 35.5. The quantitative estimate of drug-likeness (QED) is 0.788. The topological polar surface area (TPSA) is 41.1 Å². The largest absolute Gasteiger partial charge is 0.352 e. The highest BCUT2D eigenvalue weighted by molar-refractivity contribution is 6.30. The number of hydrogen-bond donors (Lipinski definition) is 2. The van der Waals surface area contributed by atoms with E-state index < -0.39 is 5.41 Å². The Balaban J connectivity index is 0.00000208. The van der Waals surface area contributed by atoms with E-state index >= 15 is 0 Å². The molecule has 1 aromatic rings. The van der Waals surface area contributed by atoms with E-state index in [0.29, 0.717) is 11.6 Å². The summed E-state index contributed by atoms with van der Waals surface area (Å²) in [5.41, 5.74) is 1.99. The number of amides is 1. The van der Waals surface area contributed by atoms with Crippen molar-refractivity contribution in [3.63, 3.8) is 0 Å². The monoisotopic (exact) mass is 368 g/mol. The Labute approximate surface area is 155 Å². The summed E-state index contributed by atoms with van der Waals surface area (Å²) in [6.07, 6.45) is 8.46. The third-order valence-corrected chi connectivity index (χ3v) is 5.39. The molecule has 1 amide bonds. The molecule has 0 spiro atoms. The lowest BCUT2D eigenvalue weighted by atomic mass is 9.68. The minimum atomic E-state index is -0.406. The lowest BCUT2D eigenvalue weighted by Crippen LogP contribution is -2.46. The molecule has 132 valence electrons. The smallest absolute Gasteiger partial charge is 0.230 e. The lowest BCUT2D eigenvalue weighted by molar-refractivity contribution is -0.127.